The number of methoxy groups -OCH3 is 1. The molecule has 2 aromatic rings. The Labute approximate surface area is 160 Å². The van der Waals surface area contributed by atoms with Gasteiger partial charge in [0.05, 0.1) is 13.7 Å². The van der Waals surface area contributed by atoms with Gasteiger partial charge in [0.25, 0.3) is 5.91 Å². The van der Waals surface area contributed by atoms with Crippen molar-refractivity contribution in [1.29, 1.82) is 0 Å². The van der Waals surface area contributed by atoms with Crippen molar-refractivity contribution in [3.63, 3.8) is 0 Å². The topological polar surface area (TPSA) is 78.9 Å². The van der Waals surface area contributed by atoms with Crippen LogP contribution in [0.1, 0.15) is 28.4 Å². The normalized spacial score (nSPS) is 11.0. The molecular formula is C20H27N5O2. The first-order valence-corrected chi connectivity index (χ1v) is 8.85. The van der Waals surface area contributed by atoms with Crippen molar-refractivity contribution in [3.8, 4) is 5.88 Å². The smallest absolute Gasteiger partial charge is 0.253 e. The van der Waals surface area contributed by atoms with Gasteiger partial charge in [-0.05, 0) is 36.2 Å². The van der Waals surface area contributed by atoms with E-state index in [1.807, 2.05) is 43.3 Å². The van der Waals surface area contributed by atoms with E-state index in [1.165, 1.54) is 0 Å². The van der Waals surface area contributed by atoms with Gasteiger partial charge in [-0.25, -0.2) is 9.98 Å². The van der Waals surface area contributed by atoms with Gasteiger partial charge < -0.3 is 20.3 Å². The first-order chi connectivity index (χ1) is 13.0. The van der Waals surface area contributed by atoms with Crippen LogP contribution in [0.25, 0.3) is 0 Å². The summed E-state index contributed by atoms with van der Waals surface area (Å²) in [5.74, 6) is 1.30. The van der Waals surface area contributed by atoms with E-state index in [0.717, 1.165) is 23.6 Å². The molecule has 0 bridgehead atoms. The number of ether oxygens (including phenoxy) is 1. The number of aliphatic imine (C=N–C) groups is 1. The van der Waals surface area contributed by atoms with E-state index in [1.54, 1.807) is 32.3 Å². The quantitative estimate of drug-likeness (QED) is 0.577. The van der Waals surface area contributed by atoms with Crippen molar-refractivity contribution in [2.24, 2.45) is 4.99 Å². The molecule has 0 unspecified atom stereocenters. The number of rotatable bonds is 7. The number of aromatic nitrogens is 1. The molecule has 144 valence electrons. The van der Waals surface area contributed by atoms with E-state index in [2.05, 4.69) is 20.6 Å². The number of nitrogens with zero attached hydrogens (tertiary/aromatic N) is 3. The largest absolute Gasteiger partial charge is 0.481 e. The number of benzene rings is 1. The highest BCUT2D eigenvalue weighted by molar-refractivity contribution is 5.93. The number of hydrogen-bond acceptors (Lipinski definition) is 4. The summed E-state index contributed by atoms with van der Waals surface area (Å²) in [5.41, 5.74) is 2.77. The van der Waals surface area contributed by atoms with E-state index < -0.39 is 0 Å². The van der Waals surface area contributed by atoms with Crippen LogP contribution < -0.4 is 15.4 Å². The Morgan fingerprint density at radius 1 is 1.15 bits per heavy atom. The summed E-state index contributed by atoms with van der Waals surface area (Å²) in [6.07, 6.45) is 1.71. The minimum atomic E-state index is -0.00260. The second-order valence-corrected chi connectivity index (χ2v) is 6.15. The summed E-state index contributed by atoms with van der Waals surface area (Å²) in [5, 5.41) is 6.53. The molecule has 27 heavy (non-hydrogen) atoms. The van der Waals surface area contributed by atoms with E-state index in [9.17, 15) is 4.79 Å². The molecule has 0 spiro atoms. The Hall–Kier alpha value is -3.09. The molecule has 2 N–H and O–H groups in total. The lowest BCUT2D eigenvalue weighted by atomic mass is 10.1. The Bertz CT molecular complexity index is 772. The summed E-state index contributed by atoms with van der Waals surface area (Å²) in [6, 6.07) is 11.4. The molecule has 1 aromatic heterocycles. The summed E-state index contributed by atoms with van der Waals surface area (Å²) in [6.45, 7) is 3.92. The highest BCUT2D eigenvalue weighted by Crippen LogP contribution is 2.09. The number of amides is 1. The van der Waals surface area contributed by atoms with Crippen molar-refractivity contribution in [1.82, 2.24) is 20.5 Å². The van der Waals surface area contributed by atoms with Crippen LogP contribution in [0, 0.1) is 0 Å². The predicted octanol–water partition coefficient (Wildman–Crippen LogP) is 2.05. The number of carbonyl (C=O) groups is 1. The third-order valence-corrected chi connectivity index (χ3v) is 3.84. The van der Waals surface area contributed by atoms with Crippen LogP contribution in [-0.4, -0.2) is 49.5 Å². The van der Waals surface area contributed by atoms with Gasteiger partial charge in [0.1, 0.15) is 0 Å². The highest BCUT2D eigenvalue weighted by Gasteiger charge is 2.07. The number of carbonyl (C=O) groups excluding carboxylic acids is 1. The van der Waals surface area contributed by atoms with E-state index in [4.69, 9.17) is 4.74 Å². The number of guanidine groups is 1. The molecule has 7 heteroatoms. The molecule has 0 atom stereocenters. The van der Waals surface area contributed by atoms with Crippen molar-refractivity contribution >= 4 is 11.9 Å². The fourth-order valence-corrected chi connectivity index (χ4v) is 2.38. The molecule has 0 fully saturated rings. The summed E-state index contributed by atoms with van der Waals surface area (Å²) in [4.78, 5) is 22.2. The minimum absolute atomic E-state index is 0.00260. The number of nitrogens with one attached hydrogen (secondary N) is 2. The summed E-state index contributed by atoms with van der Waals surface area (Å²) in [7, 11) is 5.09. The van der Waals surface area contributed by atoms with Gasteiger partial charge in [0, 0.05) is 45.0 Å². The van der Waals surface area contributed by atoms with Crippen LogP contribution in [0.3, 0.4) is 0 Å². The molecule has 1 heterocycles. The first kappa shape index (κ1) is 20.2. The minimum Gasteiger partial charge on any atom is -0.481 e. The zero-order valence-electron chi connectivity index (χ0n) is 16.3. The molecule has 2 rings (SSSR count). The molecular weight excluding hydrogens is 342 g/mol. The maximum Gasteiger partial charge on any atom is 0.253 e. The third-order valence-electron chi connectivity index (χ3n) is 3.84. The van der Waals surface area contributed by atoms with Crippen LogP contribution in [-0.2, 0) is 13.1 Å². The molecule has 0 radical (unpaired) electrons. The lowest BCUT2D eigenvalue weighted by Crippen LogP contribution is -2.36. The lowest BCUT2D eigenvalue weighted by Gasteiger charge is -2.13. The van der Waals surface area contributed by atoms with Crippen molar-refractivity contribution in [3.05, 3.63) is 59.3 Å². The molecule has 0 saturated heterocycles. The fourth-order valence-electron chi connectivity index (χ4n) is 2.38. The van der Waals surface area contributed by atoms with Gasteiger partial charge in [-0.1, -0.05) is 12.1 Å². The van der Waals surface area contributed by atoms with Gasteiger partial charge in [-0.2, -0.15) is 0 Å². The Morgan fingerprint density at radius 3 is 2.52 bits per heavy atom. The SMILES string of the molecule is CCNC(=NCc1ccnc(OC)c1)NCc1ccc(C(=O)N(C)C)cc1. The number of pyridine rings is 1. The molecule has 1 amide bonds. The van der Waals surface area contributed by atoms with Crippen LogP contribution >= 0.6 is 0 Å². The Morgan fingerprint density at radius 2 is 1.89 bits per heavy atom. The second kappa shape index (κ2) is 10.2. The Kier molecular flexibility index (Phi) is 7.61. The highest BCUT2D eigenvalue weighted by atomic mass is 16.5. The molecule has 0 saturated carbocycles. The molecule has 0 aliphatic rings. The molecule has 1 aromatic carbocycles. The summed E-state index contributed by atoms with van der Waals surface area (Å²) < 4.78 is 5.14. The maximum absolute atomic E-state index is 11.9. The van der Waals surface area contributed by atoms with Crippen molar-refractivity contribution in [2.75, 3.05) is 27.7 Å². The molecule has 7 nitrogen and oxygen atoms in total. The van der Waals surface area contributed by atoms with Crippen molar-refractivity contribution in [2.45, 2.75) is 20.0 Å². The second-order valence-electron chi connectivity index (χ2n) is 6.15. The summed E-state index contributed by atoms with van der Waals surface area (Å²) >= 11 is 0. The molecule has 0 aliphatic heterocycles. The predicted molar refractivity (Wildman–Crippen MR) is 107 cm³/mol. The zero-order valence-corrected chi connectivity index (χ0v) is 16.3. The van der Waals surface area contributed by atoms with Gasteiger partial charge >= 0.3 is 0 Å². The maximum atomic E-state index is 11.9. The van der Waals surface area contributed by atoms with Gasteiger partial charge in [-0.3, -0.25) is 4.79 Å². The van der Waals surface area contributed by atoms with Crippen molar-refractivity contribution < 1.29 is 9.53 Å². The standard InChI is InChI=1S/C20H27N5O2/c1-5-21-20(24-14-16-10-11-22-18(12-16)27-4)23-13-15-6-8-17(9-7-15)19(26)25(2)3/h6-12H,5,13-14H2,1-4H3,(H2,21,23,24). The average Bonchev–Trinajstić information content (AvgIpc) is 2.70. The zero-order chi connectivity index (χ0) is 19.6. The first-order valence-electron chi connectivity index (χ1n) is 8.85. The van der Waals surface area contributed by atoms with Crippen LogP contribution in [0.4, 0.5) is 0 Å². The van der Waals surface area contributed by atoms with E-state index in [-0.39, 0.29) is 5.91 Å². The number of hydrogen-bond donors (Lipinski definition) is 2. The Balaban J connectivity index is 1.98. The van der Waals surface area contributed by atoms with Crippen LogP contribution in [0.15, 0.2) is 47.6 Å². The van der Waals surface area contributed by atoms with E-state index in [0.29, 0.717) is 24.5 Å². The van der Waals surface area contributed by atoms with E-state index >= 15 is 0 Å². The molecule has 0 aliphatic carbocycles. The van der Waals surface area contributed by atoms with Gasteiger partial charge in [-0.15, -0.1) is 0 Å². The monoisotopic (exact) mass is 369 g/mol. The third kappa shape index (κ3) is 6.29. The average molecular weight is 369 g/mol. The van der Waals surface area contributed by atoms with Gasteiger partial charge in [0.2, 0.25) is 5.88 Å². The van der Waals surface area contributed by atoms with Crippen LogP contribution in [0.2, 0.25) is 0 Å². The fraction of sp³-hybridized carbons (Fsp3) is 0.350. The van der Waals surface area contributed by atoms with Crippen LogP contribution in [0.5, 0.6) is 5.88 Å². The van der Waals surface area contributed by atoms with Gasteiger partial charge in [0.15, 0.2) is 5.96 Å². The lowest BCUT2D eigenvalue weighted by molar-refractivity contribution is 0.0827.